The van der Waals surface area contributed by atoms with Crippen LogP contribution in [-0.4, -0.2) is 30.0 Å². The highest BCUT2D eigenvalue weighted by molar-refractivity contribution is 6.36. The van der Waals surface area contributed by atoms with Crippen LogP contribution < -0.4 is 14.8 Å². The van der Waals surface area contributed by atoms with Crippen LogP contribution in [0.15, 0.2) is 30.3 Å². The minimum absolute atomic E-state index is 0.225. The maximum Gasteiger partial charge on any atom is 0.295 e. The smallest absolute Gasteiger partial charge is 0.295 e. The SMILES string of the molecule is COc1ccc(NC(=O)c2cc([N+](=O)[O-])cc([N+](=O)[O-])c2Cl)c(OC)c1. The number of nitrogens with one attached hydrogen (secondary N) is 1. The van der Waals surface area contributed by atoms with Gasteiger partial charge in [0.1, 0.15) is 16.5 Å². The van der Waals surface area contributed by atoms with Gasteiger partial charge in [0, 0.05) is 12.1 Å². The molecule has 2 aromatic carbocycles. The lowest BCUT2D eigenvalue weighted by molar-refractivity contribution is -0.394. The van der Waals surface area contributed by atoms with Gasteiger partial charge in [0.25, 0.3) is 17.3 Å². The van der Waals surface area contributed by atoms with Gasteiger partial charge in [-0.1, -0.05) is 11.6 Å². The zero-order chi connectivity index (χ0) is 19.4. The first-order valence-electron chi connectivity index (χ1n) is 6.94. The lowest BCUT2D eigenvalue weighted by Gasteiger charge is -2.12. The van der Waals surface area contributed by atoms with Gasteiger partial charge in [-0.15, -0.1) is 0 Å². The van der Waals surface area contributed by atoms with E-state index in [0.29, 0.717) is 11.8 Å². The maximum atomic E-state index is 12.5. The highest BCUT2D eigenvalue weighted by atomic mass is 35.5. The molecule has 10 nitrogen and oxygen atoms in total. The Balaban J connectivity index is 2.47. The Labute approximate surface area is 151 Å². The van der Waals surface area contributed by atoms with Crippen molar-refractivity contribution in [3.63, 3.8) is 0 Å². The van der Waals surface area contributed by atoms with Crippen LogP contribution in [0.2, 0.25) is 5.02 Å². The lowest BCUT2D eigenvalue weighted by atomic mass is 10.1. The summed E-state index contributed by atoms with van der Waals surface area (Å²) in [5, 5.41) is 23.9. The molecule has 0 spiro atoms. The number of hydrogen-bond acceptors (Lipinski definition) is 7. The minimum Gasteiger partial charge on any atom is -0.497 e. The summed E-state index contributed by atoms with van der Waals surface area (Å²) in [6.07, 6.45) is 0. The second kappa shape index (κ2) is 7.66. The van der Waals surface area contributed by atoms with Crippen LogP contribution in [0.1, 0.15) is 10.4 Å². The van der Waals surface area contributed by atoms with Gasteiger partial charge in [-0.3, -0.25) is 25.0 Å². The van der Waals surface area contributed by atoms with E-state index < -0.39 is 37.7 Å². The highest BCUT2D eigenvalue weighted by Crippen LogP contribution is 2.34. The molecular formula is C15H12ClN3O7. The number of nitro groups is 2. The van der Waals surface area contributed by atoms with Crippen molar-refractivity contribution in [2.45, 2.75) is 0 Å². The topological polar surface area (TPSA) is 134 Å². The van der Waals surface area contributed by atoms with Crippen molar-refractivity contribution in [2.75, 3.05) is 19.5 Å². The van der Waals surface area contributed by atoms with Crippen LogP contribution in [-0.2, 0) is 0 Å². The molecule has 0 aliphatic rings. The molecule has 26 heavy (non-hydrogen) atoms. The maximum absolute atomic E-state index is 12.5. The second-order valence-electron chi connectivity index (χ2n) is 4.86. The van der Waals surface area contributed by atoms with Crippen LogP contribution in [0.5, 0.6) is 11.5 Å². The summed E-state index contributed by atoms with van der Waals surface area (Å²) in [6, 6.07) is 6.09. The normalized spacial score (nSPS) is 10.1. The van der Waals surface area contributed by atoms with Gasteiger partial charge in [0.05, 0.1) is 41.4 Å². The van der Waals surface area contributed by atoms with E-state index in [2.05, 4.69) is 5.32 Å². The van der Waals surface area contributed by atoms with Gasteiger partial charge in [-0.2, -0.15) is 0 Å². The van der Waals surface area contributed by atoms with Crippen LogP contribution in [0.4, 0.5) is 17.1 Å². The van der Waals surface area contributed by atoms with Crippen LogP contribution in [0.25, 0.3) is 0 Å². The zero-order valence-electron chi connectivity index (χ0n) is 13.5. The molecule has 0 saturated heterocycles. The lowest BCUT2D eigenvalue weighted by Crippen LogP contribution is -2.14. The monoisotopic (exact) mass is 381 g/mol. The van der Waals surface area contributed by atoms with Crippen molar-refractivity contribution in [1.29, 1.82) is 0 Å². The van der Waals surface area contributed by atoms with Gasteiger partial charge in [0.15, 0.2) is 0 Å². The third kappa shape index (κ3) is 3.81. The number of ether oxygens (including phenoxy) is 2. The molecule has 1 N–H and O–H groups in total. The molecule has 0 fully saturated rings. The van der Waals surface area contributed by atoms with Crippen LogP contribution in [0, 0.1) is 20.2 Å². The van der Waals surface area contributed by atoms with E-state index in [1.807, 2.05) is 0 Å². The Hall–Kier alpha value is -3.40. The van der Waals surface area contributed by atoms with E-state index in [-0.39, 0.29) is 11.4 Å². The predicted molar refractivity (Wildman–Crippen MR) is 92.3 cm³/mol. The Kier molecular flexibility index (Phi) is 5.58. The fourth-order valence-corrected chi connectivity index (χ4v) is 2.35. The molecule has 0 aromatic heterocycles. The van der Waals surface area contributed by atoms with E-state index in [1.54, 1.807) is 6.07 Å². The van der Waals surface area contributed by atoms with E-state index >= 15 is 0 Å². The molecule has 0 atom stereocenters. The predicted octanol–water partition coefficient (Wildman–Crippen LogP) is 3.43. The van der Waals surface area contributed by atoms with Crippen molar-refractivity contribution in [3.8, 4) is 11.5 Å². The second-order valence-corrected chi connectivity index (χ2v) is 5.24. The van der Waals surface area contributed by atoms with E-state index in [4.69, 9.17) is 21.1 Å². The number of carbonyl (C=O) groups excluding carboxylic acids is 1. The Morgan fingerprint density at radius 3 is 2.31 bits per heavy atom. The summed E-state index contributed by atoms with van der Waals surface area (Å²) in [7, 11) is 2.82. The number of amides is 1. The summed E-state index contributed by atoms with van der Waals surface area (Å²) >= 11 is 5.89. The molecule has 136 valence electrons. The van der Waals surface area contributed by atoms with Gasteiger partial charge >= 0.3 is 0 Å². The van der Waals surface area contributed by atoms with E-state index in [0.717, 1.165) is 6.07 Å². The quantitative estimate of drug-likeness (QED) is 0.598. The number of hydrogen-bond donors (Lipinski definition) is 1. The van der Waals surface area contributed by atoms with Crippen molar-refractivity contribution in [1.82, 2.24) is 0 Å². The summed E-state index contributed by atoms with van der Waals surface area (Å²) < 4.78 is 10.2. The molecule has 1 amide bonds. The number of non-ortho nitro benzene ring substituents is 1. The molecule has 11 heteroatoms. The molecule has 0 aliphatic carbocycles. The summed E-state index contributed by atoms with van der Waals surface area (Å²) in [4.78, 5) is 32.7. The highest BCUT2D eigenvalue weighted by Gasteiger charge is 2.26. The number of halogens is 1. The number of methoxy groups -OCH3 is 2. The molecule has 0 aliphatic heterocycles. The standard InChI is InChI=1S/C15H12ClN3O7/c1-25-9-3-4-11(13(7-9)26-2)17-15(20)10-5-8(18(21)22)6-12(14(10)16)19(23)24/h3-7H,1-2H3,(H,17,20). The molecular weight excluding hydrogens is 370 g/mol. The minimum atomic E-state index is -0.903. The molecule has 2 rings (SSSR count). The average molecular weight is 382 g/mol. The van der Waals surface area contributed by atoms with Crippen molar-refractivity contribution in [3.05, 3.63) is 61.1 Å². The molecule has 2 aromatic rings. The molecule has 0 bridgehead atoms. The van der Waals surface area contributed by atoms with Crippen LogP contribution in [0.3, 0.4) is 0 Å². The van der Waals surface area contributed by atoms with Crippen molar-refractivity contribution >= 4 is 34.6 Å². The van der Waals surface area contributed by atoms with Crippen molar-refractivity contribution < 1.29 is 24.1 Å². The van der Waals surface area contributed by atoms with Gasteiger partial charge < -0.3 is 14.8 Å². The number of anilines is 1. The number of benzene rings is 2. The Morgan fingerprint density at radius 2 is 1.77 bits per heavy atom. The molecule has 0 saturated carbocycles. The first-order chi connectivity index (χ1) is 12.3. The number of nitrogens with zero attached hydrogens (tertiary/aromatic N) is 2. The van der Waals surface area contributed by atoms with E-state index in [9.17, 15) is 25.0 Å². The number of carbonyl (C=O) groups is 1. The molecule has 0 radical (unpaired) electrons. The van der Waals surface area contributed by atoms with Gasteiger partial charge in [-0.05, 0) is 12.1 Å². The Bertz CT molecular complexity index is 901. The fraction of sp³-hybridized carbons (Fsp3) is 0.133. The number of nitro benzene ring substituents is 2. The fourth-order valence-electron chi connectivity index (χ4n) is 2.09. The third-order valence-electron chi connectivity index (χ3n) is 3.35. The van der Waals surface area contributed by atoms with Gasteiger partial charge in [-0.25, -0.2) is 0 Å². The average Bonchev–Trinajstić information content (AvgIpc) is 2.61. The van der Waals surface area contributed by atoms with E-state index in [1.165, 1.54) is 26.4 Å². The zero-order valence-corrected chi connectivity index (χ0v) is 14.3. The van der Waals surface area contributed by atoms with Crippen LogP contribution >= 0.6 is 11.6 Å². The first kappa shape index (κ1) is 18.9. The molecule has 0 unspecified atom stereocenters. The third-order valence-corrected chi connectivity index (χ3v) is 3.74. The number of rotatable bonds is 6. The van der Waals surface area contributed by atoms with Crippen molar-refractivity contribution in [2.24, 2.45) is 0 Å². The molecule has 0 heterocycles. The summed E-state index contributed by atoms with van der Waals surface area (Å²) in [5.74, 6) is -0.136. The first-order valence-corrected chi connectivity index (χ1v) is 7.32. The summed E-state index contributed by atoms with van der Waals surface area (Å²) in [6.45, 7) is 0. The van der Waals surface area contributed by atoms with Gasteiger partial charge in [0.2, 0.25) is 0 Å². The summed E-state index contributed by atoms with van der Waals surface area (Å²) in [5.41, 5.74) is -1.56. The largest absolute Gasteiger partial charge is 0.497 e. The Morgan fingerprint density at radius 1 is 1.08 bits per heavy atom.